The minimum Gasteiger partial charge on any atom is -0.456 e. The number of furan rings is 1. The van der Waals surface area contributed by atoms with E-state index in [9.17, 15) is 0 Å². The highest BCUT2D eigenvalue weighted by molar-refractivity contribution is 6.14. The van der Waals surface area contributed by atoms with Crippen LogP contribution in [0.1, 0.15) is 35.2 Å². The third-order valence-corrected chi connectivity index (χ3v) is 10.2. The van der Waals surface area contributed by atoms with Crippen LogP contribution in [0.4, 0.5) is 0 Å². The van der Waals surface area contributed by atoms with Crippen molar-refractivity contribution in [2.24, 2.45) is 0 Å². The molecule has 0 saturated carbocycles. The zero-order chi connectivity index (χ0) is 32.3. The molecule has 9 aromatic rings. The highest BCUT2D eigenvalue weighted by atomic mass is 16.3. The third kappa shape index (κ3) is 4.73. The molecule has 0 amide bonds. The second-order valence-corrected chi connectivity index (χ2v) is 13.0. The Morgan fingerprint density at radius 1 is 0.388 bits per heavy atom. The Labute approximate surface area is 284 Å². The van der Waals surface area contributed by atoms with Gasteiger partial charge in [0, 0.05) is 10.8 Å². The van der Waals surface area contributed by atoms with Gasteiger partial charge in [0.15, 0.2) is 0 Å². The Morgan fingerprint density at radius 3 is 1.84 bits per heavy atom. The van der Waals surface area contributed by atoms with Gasteiger partial charge in [-0.3, -0.25) is 16.0 Å². The molecule has 4 nitrogen and oxygen atoms in total. The lowest BCUT2D eigenvalue weighted by Crippen LogP contribution is -2.54. The minimum atomic E-state index is -0.128. The first-order valence-electron chi connectivity index (χ1n) is 17.0. The topological polar surface area (TPSA) is 49.2 Å². The lowest BCUT2D eigenvalue weighted by atomic mass is 9.91. The van der Waals surface area contributed by atoms with E-state index in [-0.39, 0.29) is 18.5 Å². The van der Waals surface area contributed by atoms with Crippen molar-refractivity contribution in [3.63, 3.8) is 0 Å². The van der Waals surface area contributed by atoms with Crippen LogP contribution in [0.15, 0.2) is 168 Å². The predicted molar refractivity (Wildman–Crippen MR) is 202 cm³/mol. The molecule has 3 atom stereocenters. The number of hydrogen-bond acceptors (Lipinski definition) is 4. The molecule has 1 aliphatic heterocycles. The monoisotopic (exact) mass is 631 g/mol. The van der Waals surface area contributed by atoms with Gasteiger partial charge in [-0.15, -0.1) is 0 Å². The molecule has 2 heterocycles. The van der Waals surface area contributed by atoms with Crippen molar-refractivity contribution in [2.75, 3.05) is 0 Å². The van der Waals surface area contributed by atoms with Gasteiger partial charge in [0.05, 0.1) is 18.5 Å². The van der Waals surface area contributed by atoms with E-state index in [2.05, 4.69) is 168 Å². The van der Waals surface area contributed by atoms with Crippen molar-refractivity contribution in [1.82, 2.24) is 16.0 Å². The van der Waals surface area contributed by atoms with Gasteiger partial charge < -0.3 is 4.42 Å². The normalized spacial score (nSPS) is 18.2. The number of hydrogen-bond donors (Lipinski definition) is 3. The predicted octanol–water partition coefficient (Wildman–Crippen LogP) is 10.9. The summed E-state index contributed by atoms with van der Waals surface area (Å²) in [6.07, 6.45) is -0.305. The number of nitrogens with one attached hydrogen (secondary N) is 3. The highest BCUT2D eigenvalue weighted by Crippen LogP contribution is 2.40. The number of fused-ring (bicyclic) bond motifs is 7. The number of rotatable bonds is 4. The summed E-state index contributed by atoms with van der Waals surface area (Å²) in [4.78, 5) is 0. The molecule has 0 aliphatic carbocycles. The summed E-state index contributed by atoms with van der Waals surface area (Å²) < 4.78 is 6.20. The minimum absolute atomic E-state index is 0.0716. The van der Waals surface area contributed by atoms with Gasteiger partial charge in [-0.25, -0.2) is 0 Å². The summed E-state index contributed by atoms with van der Waals surface area (Å²) >= 11 is 0. The average molecular weight is 632 g/mol. The molecular weight excluding hydrogens is 599 g/mol. The fourth-order valence-electron chi connectivity index (χ4n) is 7.88. The van der Waals surface area contributed by atoms with Crippen LogP contribution < -0.4 is 16.0 Å². The lowest BCUT2D eigenvalue weighted by molar-refractivity contribution is 0.205. The van der Waals surface area contributed by atoms with Gasteiger partial charge in [-0.05, 0) is 78.3 Å². The fourth-order valence-corrected chi connectivity index (χ4v) is 7.88. The fraction of sp³-hybridized carbons (Fsp3) is 0.0667. The molecule has 3 N–H and O–H groups in total. The van der Waals surface area contributed by atoms with E-state index in [0.717, 1.165) is 27.5 Å². The maximum Gasteiger partial charge on any atom is 0.136 e. The molecule has 0 radical (unpaired) electrons. The Hall–Kier alpha value is -5.78. The summed E-state index contributed by atoms with van der Waals surface area (Å²) in [5.41, 5.74) is 7.80. The molecule has 8 aromatic carbocycles. The quantitative estimate of drug-likeness (QED) is 0.134. The van der Waals surface area contributed by atoms with Gasteiger partial charge in [-0.1, -0.05) is 146 Å². The summed E-state index contributed by atoms with van der Waals surface area (Å²) in [7, 11) is 0. The summed E-state index contributed by atoms with van der Waals surface area (Å²) in [5.74, 6) is 0. The van der Waals surface area contributed by atoms with Crippen LogP contribution in [0.2, 0.25) is 0 Å². The van der Waals surface area contributed by atoms with E-state index in [1.54, 1.807) is 0 Å². The third-order valence-electron chi connectivity index (χ3n) is 10.2. The molecule has 1 fully saturated rings. The SMILES string of the molecule is c1ccc(C2NC(c3ccc(-c4cccc5oc6ccccc6c45)cc3)NC(c3c4ccccc4cc4c3ccc3ccccc34)N2)cc1. The first-order chi connectivity index (χ1) is 24.3. The van der Waals surface area contributed by atoms with Gasteiger partial charge in [0.25, 0.3) is 0 Å². The zero-order valence-electron chi connectivity index (χ0n) is 26.7. The summed E-state index contributed by atoms with van der Waals surface area (Å²) in [6.45, 7) is 0. The Morgan fingerprint density at radius 2 is 1.02 bits per heavy atom. The summed E-state index contributed by atoms with van der Waals surface area (Å²) in [5, 5.41) is 21.7. The van der Waals surface area contributed by atoms with Gasteiger partial charge in [0.1, 0.15) is 11.2 Å². The van der Waals surface area contributed by atoms with Crippen molar-refractivity contribution in [1.29, 1.82) is 0 Å². The van der Waals surface area contributed by atoms with E-state index < -0.39 is 0 Å². The molecule has 1 aliphatic rings. The number of benzene rings is 8. The second-order valence-electron chi connectivity index (χ2n) is 13.0. The van der Waals surface area contributed by atoms with E-state index in [1.807, 2.05) is 12.1 Å². The molecular formula is C45H33N3O. The zero-order valence-corrected chi connectivity index (χ0v) is 26.7. The average Bonchev–Trinajstić information content (AvgIpc) is 3.56. The molecule has 49 heavy (non-hydrogen) atoms. The molecule has 10 rings (SSSR count). The van der Waals surface area contributed by atoms with Crippen LogP contribution in [0.25, 0.3) is 65.4 Å². The van der Waals surface area contributed by atoms with E-state index >= 15 is 0 Å². The van der Waals surface area contributed by atoms with Gasteiger partial charge in [-0.2, -0.15) is 0 Å². The molecule has 4 heteroatoms. The van der Waals surface area contributed by atoms with Crippen molar-refractivity contribution >= 4 is 54.3 Å². The maximum atomic E-state index is 6.20. The largest absolute Gasteiger partial charge is 0.456 e. The Balaban J connectivity index is 1.10. The molecule has 234 valence electrons. The highest BCUT2D eigenvalue weighted by Gasteiger charge is 2.31. The first-order valence-corrected chi connectivity index (χ1v) is 17.0. The Bertz CT molecular complexity index is 2660. The molecule has 0 bridgehead atoms. The van der Waals surface area contributed by atoms with Crippen LogP contribution in [0, 0.1) is 0 Å². The van der Waals surface area contributed by atoms with Crippen LogP contribution >= 0.6 is 0 Å². The van der Waals surface area contributed by atoms with Crippen molar-refractivity contribution in [3.05, 3.63) is 180 Å². The first kappa shape index (κ1) is 28.3. The number of para-hydroxylation sites is 1. The van der Waals surface area contributed by atoms with Crippen LogP contribution in [-0.4, -0.2) is 0 Å². The van der Waals surface area contributed by atoms with Gasteiger partial charge in [0.2, 0.25) is 0 Å². The lowest BCUT2D eigenvalue weighted by Gasteiger charge is -2.40. The molecule has 0 spiro atoms. The van der Waals surface area contributed by atoms with Crippen LogP contribution in [-0.2, 0) is 0 Å². The van der Waals surface area contributed by atoms with Crippen LogP contribution in [0.3, 0.4) is 0 Å². The van der Waals surface area contributed by atoms with Crippen molar-refractivity contribution in [3.8, 4) is 11.1 Å². The Kier molecular flexibility index (Phi) is 6.59. The van der Waals surface area contributed by atoms with Gasteiger partial charge >= 0.3 is 0 Å². The summed E-state index contributed by atoms with van der Waals surface area (Å²) in [6, 6.07) is 58.6. The van der Waals surface area contributed by atoms with E-state index in [4.69, 9.17) is 4.42 Å². The maximum absolute atomic E-state index is 6.20. The van der Waals surface area contributed by atoms with E-state index in [1.165, 1.54) is 54.6 Å². The standard InChI is InChI=1S/C45H33N3O/c1-2-12-30(13-3-1)43-46-44(31-23-21-29(22-24-31)34-18-10-20-40-41(34)37-17-8-9-19-39(37)49-40)48-45(47-43)42-35-16-7-5-14-32(35)27-38-33-15-6-4-11-28(33)25-26-36(38)42/h1-27,43-48H. The smallest absolute Gasteiger partial charge is 0.136 e. The van der Waals surface area contributed by atoms with Crippen molar-refractivity contribution < 1.29 is 4.42 Å². The van der Waals surface area contributed by atoms with Crippen molar-refractivity contribution in [2.45, 2.75) is 18.5 Å². The molecule has 3 unspecified atom stereocenters. The molecule has 1 aromatic heterocycles. The van der Waals surface area contributed by atoms with E-state index in [0.29, 0.717) is 0 Å². The molecule has 1 saturated heterocycles. The van der Waals surface area contributed by atoms with Crippen LogP contribution in [0.5, 0.6) is 0 Å². The second kappa shape index (κ2) is 11.4.